The Balaban J connectivity index is 2.08. The predicted molar refractivity (Wildman–Crippen MR) is 88.3 cm³/mol. The summed E-state index contributed by atoms with van der Waals surface area (Å²) in [6.07, 6.45) is 1.15. The van der Waals surface area contributed by atoms with Crippen LogP contribution in [0.3, 0.4) is 0 Å². The zero-order valence-corrected chi connectivity index (χ0v) is 13.9. The highest BCUT2D eigenvalue weighted by atomic mass is 32.1. The maximum absolute atomic E-state index is 12.4. The quantitative estimate of drug-likeness (QED) is 0.597. The van der Waals surface area contributed by atoms with E-state index in [0.717, 1.165) is 17.5 Å². The van der Waals surface area contributed by atoms with Crippen molar-refractivity contribution in [3.05, 3.63) is 46.1 Å². The summed E-state index contributed by atoms with van der Waals surface area (Å²) in [6.45, 7) is 4.72. The van der Waals surface area contributed by atoms with E-state index in [0.29, 0.717) is 23.8 Å². The summed E-state index contributed by atoms with van der Waals surface area (Å²) in [5.74, 6) is 0.829. The number of hydrogen-bond acceptors (Lipinski definition) is 6. The predicted octanol–water partition coefficient (Wildman–Crippen LogP) is 3.36. The van der Waals surface area contributed by atoms with Crippen LogP contribution in [0.2, 0.25) is 0 Å². The summed E-state index contributed by atoms with van der Waals surface area (Å²) in [5, 5.41) is 10.9. The van der Waals surface area contributed by atoms with Crippen molar-refractivity contribution in [2.75, 3.05) is 18.6 Å². The molecule has 2 rings (SSSR count). The summed E-state index contributed by atoms with van der Waals surface area (Å²) < 4.78 is 5.57. The van der Waals surface area contributed by atoms with Crippen molar-refractivity contribution in [1.29, 1.82) is 0 Å². The van der Waals surface area contributed by atoms with E-state index in [1.165, 1.54) is 11.9 Å². The van der Waals surface area contributed by atoms with Gasteiger partial charge in [-0.25, -0.2) is 4.98 Å². The number of nitro groups is 1. The van der Waals surface area contributed by atoms with Crippen LogP contribution in [-0.2, 0) is 0 Å². The molecule has 122 valence electrons. The van der Waals surface area contributed by atoms with E-state index in [2.05, 4.69) is 18.8 Å². The van der Waals surface area contributed by atoms with Gasteiger partial charge in [0, 0.05) is 12.6 Å². The largest absolute Gasteiger partial charge is 0.493 e. The van der Waals surface area contributed by atoms with Crippen molar-refractivity contribution in [2.45, 2.75) is 13.8 Å². The van der Waals surface area contributed by atoms with Gasteiger partial charge in [-0.2, -0.15) is 0 Å². The Hall–Kier alpha value is -2.48. The molecule has 7 nitrogen and oxygen atoms in total. The summed E-state index contributed by atoms with van der Waals surface area (Å²) in [4.78, 5) is 27.7. The van der Waals surface area contributed by atoms with E-state index in [-0.39, 0.29) is 16.0 Å². The maximum atomic E-state index is 12.4. The first-order valence-electron chi connectivity index (χ1n) is 6.99. The van der Waals surface area contributed by atoms with Gasteiger partial charge < -0.3 is 4.74 Å². The Labute approximate surface area is 137 Å². The third-order valence-corrected chi connectivity index (χ3v) is 3.96. The normalized spacial score (nSPS) is 10.6. The number of anilines is 1. The molecule has 1 amide bonds. The molecule has 0 radical (unpaired) electrons. The number of benzene rings is 1. The van der Waals surface area contributed by atoms with Crippen molar-refractivity contribution >= 4 is 27.4 Å². The number of hydrogen-bond donors (Lipinski definition) is 0. The van der Waals surface area contributed by atoms with Gasteiger partial charge in [-0.3, -0.25) is 19.8 Å². The van der Waals surface area contributed by atoms with Gasteiger partial charge in [-0.1, -0.05) is 13.8 Å². The first kappa shape index (κ1) is 16.9. The lowest BCUT2D eigenvalue weighted by Crippen LogP contribution is -2.25. The van der Waals surface area contributed by atoms with Crippen LogP contribution in [-0.4, -0.2) is 29.5 Å². The molecule has 0 spiro atoms. The highest BCUT2D eigenvalue weighted by Gasteiger charge is 2.20. The first-order valence-corrected chi connectivity index (χ1v) is 7.81. The third-order valence-electron chi connectivity index (χ3n) is 2.94. The van der Waals surface area contributed by atoms with Gasteiger partial charge in [0.05, 0.1) is 11.5 Å². The van der Waals surface area contributed by atoms with Gasteiger partial charge >= 0.3 is 5.00 Å². The number of thiazole rings is 1. The van der Waals surface area contributed by atoms with Crippen LogP contribution < -0.4 is 9.64 Å². The molecule has 0 fully saturated rings. The second kappa shape index (κ2) is 7.19. The lowest BCUT2D eigenvalue weighted by Gasteiger charge is -2.14. The fourth-order valence-electron chi connectivity index (χ4n) is 1.73. The molecule has 0 bridgehead atoms. The zero-order chi connectivity index (χ0) is 17.0. The molecule has 8 heteroatoms. The first-order chi connectivity index (χ1) is 10.9. The highest BCUT2D eigenvalue weighted by Crippen LogP contribution is 2.28. The van der Waals surface area contributed by atoms with Crippen LogP contribution in [0, 0.1) is 16.0 Å². The van der Waals surface area contributed by atoms with E-state index < -0.39 is 4.92 Å². The standard InChI is InChI=1S/C15H17N3O4S/c1-10(2)9-22-12-6-4-11(5-7-12)14(19)17(3)15-16-8-13(23-15)18(20)21/h4-8,10H,9H2,1-3H3. The molecule has 0 saturated carbocycles. The number of amides is 1. The molecular weight excluding hydrogens is 318 g/mol. The Kier molecular flexibility index (Phi) is 5.28. The number of nitrogens with zero attached hydrogens (tertiary/aromatic N) is 3. The second-order valence-electron chi connectivity index (χ2n) is 5.33. The lowest BCUT2D eigenvalue weighted by atomic mass is 10.2. The average molecular weight is 335 g/mol. The van der Waals surface area contributed by atoms with Crippen LogP contribution in [0.4, 0.5) is 10.1 Å². The molecule has 0 aliphatic heterocycles. The minimum absolute atomic E-state index is 0.0999. The Morgan fingerprint density at radius 2 is 2.04 bits per heavy atom. The van der Waals surface area contributed by atoms with E-state index in [9.17, 15) is 14.9 Å². The van der Waals surface area contributed by atoms with Gasteiger partial charge in [0.2, 0.25) is 0 Å². The summed E-state index contributed by atoms with van der Waals surface area (Å²) in [7, 11) is 1.54. The molecule has 0 unspecified atom stereocenters. The Bertz CT molecular complexity index is 697. The monoisotopic (exact) mass is 335 g/mol. The molecule has 0 aliphatic rings. The number of rotatable bonds is 6. The van der Waals surface area contributed by atoms with E-state index in [1.807, 2.05) is 0 Å². The van der Waals surface area contributed by atoms with Gasteiger partial charge in [0.15, 0.2) is 5.13 Å². The topological polar surface area (TPSA) is 85.6 Å². The smallest absolute Gasteiger partial charge is 0.345 e. The van der Waals surface area contributed by atoms with Gasteiger partial charge in [0.25, 0.3) is 5.91 Å². The van der Waals surface area contributed by atoms with Crippen molar-refractivity contribution < 1.29 is 14.5 Å². The van der Waals surface area contributed by atoms with Crippen molar-refractivity contribution in [1.82, 2.24) is 4.98 Å². The molecule has 1 aromatic carbocycles. The van der Waals surface area contributed by atoms with E-state index in [1.54, 1.807) is 24.3 Å². The van der Waals surface area contributed by atoms with Gasteiger partial charge in [-0.15, -0.1) is 0 Å². The lowest BCUT2D eigenvalue weighted by molar-refractivity contribution is -0.380. The molecular formula is C15H17N3O4S. The Morgan fingerprint density at radius 1 is 1.39 bits per heavy atom. The molecule has 0 N–H and O–H groups in total. The highest BCUT2D eigenvalue weighted by molar-refractivity contribution is 7.18. The second-order valence-corrected chi connectivity index (χ2v) is 6.32. The summed E-state index contributed by atoms with van der Waals surface area (Å²) >= 11 is 0.857. The molecule has 0 saturated heterocycles. The molecule has 1 aromatic heterocycles. The van der Waals surface area contributed by atoms with Gasteiger partial charge in [0.1, 0.15) is 11.9 Å². The van der Waals surface area contributed by atoms with E-state index >= 15 is 0 Å². The van der Waals surface area contributed by atoms with Crippen molar-refractivity contribution in [3.8, 4) is 5.75 Å². The Morgan fingerprint density at radius 3 is 2.57 bits per heavy atom. The van der Waals surface area contributed by atoms with Crippen LogP contribution in [0.15, 0.2) is 30.5 Å². The van der Waals surface area contributed by atoms with Crippen LogP contribution in [0.25, 0.3) is 0 Å². The zero-order valence-electron chi connectivity index (χ0n) is 13.1. The minimum Gasteiger partial charge on any atom is -0.493 e. The van der Waals surface area contributed by atoms with Crippen molar-refractivity contribution in [3.63, 3.8) is 0 Å². The van der Waals surface area contributed by atoms with Gasteiger partial charge in [-0.05, 0) is 41.5 Å². The van der Waals surface area contributed by atoms with Crippen LogP contribution in [0.1, 0.15) is 24.2 Å². The molecule has 2 aromatic rings. The number of carbonyl (C=O) groups excluding carboxylic acids is 1. The molecule has 0 atom stereocenters. The van der Waals surface area contributed by atoms with E-state index in [4.69, 9.17) is 4.74 Å². The minimum atomic E-state index is -0.527. The fraction of sp³-hybridized carbons (Fsp3) is 0.333. The number of ether oxygens (including phenoxy) is 1. The summed E-state index contributed by atoms with van der Waals surface area (Å²) in [5.41, 5.74) is 0.460. The number of aromatic nitrogens is 1. The molecule has 0 aliphatic carbocycles. The SMILES string of the molecule is CC(C)COc1ccc(C(=O)N(C)c2ncc([N+](=O)[O-])s2)cc1. The third kappa shape index (κ3) is 4.26. The maximum Gasteiger partial charge on any atom is 0.345 e. The fourth-order valence-corrected chi connectivity index (χ4v) is 2.43. The molecule has 23 heavy (non-hydrogen) atoms. The molecule has 1 heterocycles. The summed E-state index contributed by atoms with van der Waals surface area (Å²) in [6, 6.07) is 6.79. The van der Waals surface area contributed by atoms with Crippen LogP contribution >= 0.6 is 11.3 Å². The number of carbonyl (C=O) groups is 1. The van der Waals surface area contributed by atoms with Crippen molar-refractivity contribution in [2.24, 2.45) is 5.92 Å². The average Bonchev–Trinajstić information content (AvgIpc) is 3.02. The van der Waals surface area contributed by atoms with Crippen LogP contribution in [0.5, 0.6) is 5.75 Å².